The lowest BCUT2D eigenvalue weighted by Crippen LogP contribution is -2.00. The molecule has 0 aliphatic heterocycles. The van der Waals surface area contributed by atoms with Gasteiger partial charge in [-0.25, -0.2) is 0 Å². The smallest absolute Gasteiger partial charge is 0.120 e. The van der Waals surface area contributed by atoms with Crippen LogP contribution in [-0.2, 0) is 4.79 Å². The van der Waals surface area contributed by atoms with E-state index in [0.717, 1.165) is 11.9 Å². The molecule has 1 nitrogen and oxygen atoms in total. The van der Waals surface area contributed by atoms with Gasteiger partial charge in [-0.05, 0) is 12.5 Å². The highest BCUT2D eigenvalue weighted by Gasteiger charge is 2.10. The normalized spacial score (nSPS) is 12.1. The first-order chi connectivity index (χ1) is 6.25. The Morgan fingerprint density at radius 1 is 1.46 bits per heavy atom. The standard InChI is InChI=1S/C12H14O/c1-10(2)12(8-9-13)11-6-4-3-5-7-11/h3-7,9,12H,1,8H2,2H3. The molecule has 13 heavy (non-hydrogen) atoms. The molecule has 1 aromatic rings. The molecule has 0 bridgehead atoms. The Labute approximate surface area is 79.1 Å². The molecule has 68 valence electrons. The zero-order valence-corrected chi connectivity index (χ0v) is 7.86. The van der Waals surface area contributed by atoms with Crippen LogP contribution in [0.1, 0.15) is 24.8 Å². The van der Waals surface area contributed by atoms with Crippen molar-refractivity contribution in [3.8, 4) is 0 Å². The van der Waals surface area contributed by atoms with E-state index in [0.29, 0.717) is 6.42 Å². The second-order valence-corrected chi connectivity index (χ2v) is 3.21. The molecule has 0 radical (unpaired) electrons. The van der Waals surface area contributed by atoms with E-state index in [1.54, 1.807) is 0 Å². The fraction of sp³-hybridized carbons (Fsp3) is 0.250. The second kappa shape index (κ2) is 4.61. The van der Waals surface area contributed by atoms with Crippen molar-refractivity contribution < 1.29 is 4.79 Å². The van der Waals surface area contributed by atoms with Gasteiger partial charge in [-0.1, -0.05) is 42.5 Å². The van der Waals surface area contributed by atoms with Gasteiger partial charge in [0, 0.05) is 12.3 Å². The number of allylic oxidation sites excluding steroid dienone is 1. The quantitative estimate of drug-likeness (QED) is 0.506. The summed E-state index contributed by atoms with van der Waals surface area (Å²) in [6.45, 7) is 5.85. The van der Waals surface area contributed by atoms with Crippen molar-refractivity contribution in [3.63, 3.8) is 0 Å². The summed E-state index contributed by atoms with van der Waals surface area (Å²) >= 11 is 0. The highest BCUT2D eigenvalue weighted by atomic mass is 16.1. The van der Waals surface area contributed by atoms with Crippen LogP contribution in [-0.4, -0.2) is 6.29 Å². The predicted octanol–water partition coefficient (Wildman–Crippen LogP) is 2.94. The van der Waals surface area contributed by atoms with Crippen LogP contribution in [0.5, 0.6) is 0 Å². The third-order valence-corrected chi connectivity index (χ3v) is 2.13. The minimum Gasteiger partial charge on any atom is -0.303 e. The molecule has 0 aliphatic carbocycles. The average molecular weight is 174 g/mol. The number of hydrogen-bond acceptors (Lipinski definition) is 1. The van der Waals surface area contributed by atoms with E-state index in [-0.39, 0.29) is 5.92 Å². The van der Waals surface area contributed by atoms with Crippen molar-refractivity contribution in [2.75, 3.05) is 0 Å². The maximum atomic E-state index is 10.5. The molecule has 0 aliphatic rings. The summed E-state index contributed by atoms with van der Waals surface area (Å²) in [5.74, 6) is 0.179. The Kier molecular flexibility index (Phi) is 3.44. The van der Waals surface area contributed by atoms with Crippen molar-refractivity contribution in [3.05, 3.63) is 48.0 Å². The number of rotatable bonds is 4. The molecule has 1 rings (SSSR count). The summed E-state index contributed by atoms with van der Waals surface area (Å²) in [6.07, 6.45) is 1.48. The Morgan fingerprint density at radius 2 is 2.08 bits per heavy atom. The molecule has 0 saturated carbocycles. The monoisotopic (exact) mass is 174 g/mol. The van der Waals surface area contributed by atoms with Crippen molar-refractivity contribution in [2.24, 2.45) is 0 Å². The zero-order valence-electron chi connectivity index (χ0n) is 7.86. The Bertz CT molecular complexity index is 287. The molecule has 0 saturated heterocycles. The SMILES string of the molecule is C=C(C)C(CC=O)c1ccccc1. The molecule has 0 heterocycles. The van der Waals surface area contributed by atoms with Crippen LogP contribution in [0.2, 0.25) is 0 Å². The minimum atomic E-state index is 0.179. The first kappa shape index (κ1) is 9.72. The van der Waals surface area contributed by atoms with Gasteiger partial charge in [-0.15, -0.1) is 0 Å². The van der Waals surface area contributed by atoms with Gasteiger partial charge in [0.2, 0.25) is 0 Å². The van der Waals surface area contributed by atoms with Crippen LogP contribution in [0.4, 0.5) is 0 Å². The highest BCUT2D eigenvalue weighted by Crippen LogP contribution is 2.24. The van der Waals surface area contributed by atoms with Crippen molar-refractivity contribution >= 4 is 6.29 Å². The summed E-state index contributed by atoms with van der Waals surface area (Å²) in [4.78, 5) is 10.5. The first-order valence-corrected chi connectivity index (χ1v) is 4.39. The lowest BCUT2D eigenvalue weighted by molar-refractivity contribution is -0.108. The van der Waals surface area contributed by atoms with Gasteiger partial charge in [0.25, 0.3) is 0 Å². The van der Waals surface area contributed by atoms with Gasteiger partial charge >= 0.3 is 0 Å². The number of hydrogen-bond donors (Lipinski definition) is 0. The Balaban J connectivity index is 2.88. The molecule has 1 heteroatoms. The van der Waals surface area contributed by atoms with Gasteiger partial charge in [-0.3, -0.25) is 0 Å². The minimum absolute atomic E-state index is 0.179. The highest BCUT2D eigenvalue weighted by molar-refractivity contribution is 5.53. The molecule has 0 N–H and O–H groups in total. The second-order valence-electron chi connectivity index (χ2n) is 3.21. The van der Waals surface area contributed by atoms with Crippen molar-refractivity contribution in [1.82, 2.24) is 0 Å². The molecule has 0 fully saturated rings. The topological polar surface area (TPSA) is 17.1 Å². The van der Waals surface area contributed by atoms with Gasteiger partial charge in [0.1, 0.15) is 6.29 Å². The van der Waals surface area contributed by atoms with E-state index in [9.17, 15) is 4.79 Å². The average Bonchev–Trinajstić information content (AvgIpc) is 2.15. The molecule has 1 aromatic carbocycles. The van der Waals surface area contributed by atoms with Crippen molar-refractivity contribution in [1.29, 1.82) is 0 Å². The first-order valence-electron chi connectivity index (χ1n) is 4.39. The molecular formula is C12H14O. The van der Waals surface area contributed by atoms with Crippen LogP contribution in [0.15, 0.2) is 42.5 Å². The third kappa shape index (κ3) is 2.55. The van der Waals surface area contributed by atoms with Gasteiger partial charge in [0.15, 0.2) is 0 Å². The third-order valence-electron chi connectivity index (χ3n) is 2.13. The van der Waals surface area contributed by atoms with Crippen LogP contribution in [0.3, 0.4) is 0 Å². The Hall–Kier alpha value is -1.37. The van der Waals surface area contributed by atoms with E-state index in [1.807, 2.05) is 37.3 Å². The number of aldehydes is 1. The Morgan fingerprint density at radius 3 is 2.54 bits per heavy atom. The predicted molar refractivity (Wildman–Crippen MR) is 54.7 cm³/mol. The molecule has 0 spiro atoms. The van der Waals surface area contributed by atoms with Crippen LogP contribution >= 0.6 is 0 Å². The lowest BCUT2D eigenvalue weighted by Gasteiger charge is -2.13. The molecule has 1 atom stereocenters. The van der Waals surface area contributed by atoms with Crippen LogP contribution in [0, 0.1) is 0 Å². The van der Waals surface area contributed by atoms with Gasteiger partial charge in [-0.2, -0.15) is 0 Å². The van der Waals surface area contributed by atoms with E-state index >= 15 is 0 Å². The van der Waals surface area contributed by atoms with E-state index < -0.39 is 0 Å². The maximum Gasteiger partial charge on any atom is 0.120 e. The molecule has 0 aromatic heterocycles. The van der Waals surface area contributed by atoms with E-state index in [2.05, 4.69) is 6.58 Å². The molecule has 1 unspecified atom stereocenters. The lowest BCUT2D eigenvalue weighted by atomic mass is 9.91. The van der Waals surface area contributed by atoms with E-state index in [1.165, 1.54) is 5.56 Å². The number of carbonyl (C=O) groups is 1. The summed E-state index contributed by atoms with van der Waals surface area (Å²) in [7, 11) is 0. The number of benzene rings is 1. The van der Waals surface area contributed by atoms with E-state index in [4.69, 9.17) is 0 Å². The fourth-order valence-electron chi connectivity index (χ4n) is 1.40. The maximum absolute atomic E-state index is 10.5. The van der Waals surface area contributed by atoms with Gasteiger partial charge in [0.05, 0.1) is 0 Å². The fourth-order valence-corrected chi connectivity index (χ4v) is 1.40. The van der Waals surface area contributed by atoms with Gasteiger partial charge < -0.3 is 4.79 Å². The van der Waals surface area contributed by atoms with Crippen molar-refractivity contribution in [2.45, 2.75) is 19.3 Å². The zero-order chi connectivity index (χ0) is 9.68. The van der Waals surface area contributed by atoms with Crippen LogP contribution in [0.25, 0.3) is 0 Å². The summed E-state index contributed by atoms with van der Waals surface area (Å²) in [5, 5.41) is 0. The summed E-state index contributed by atoms with van der Waals surface area (Å²) < 4.78 is 0. The summed E-state index contributed by atoms with van der Waals surface area (Å²) in [6, 6.07) is 10.00. The van der Waals surface area contributed by atoms with Crippen LogP contribution < -0.4 is 0 Å². The summed E-state index contributed by atoms with van der Waals surface area (Å²) in [5.41, 5.74) is 2.21. The molecule has 0 amide bonds. The molecular weight excluding hydrogens is 160 g/mol. The largest absolute Gasteiger partial charge is 0.303 e. The number of carbonyl (C=O) groups excluding carboxylic acids is 1.